The van der Waals surface area contributed by atoms with Crippen molar-refractivity contribution < 1.29 is 9.21 Å². The zero-order valence-electron chi connectivity index (χ0n) is 15.9. The second-order valence-electron chi connectivity index (χ2n) is 8.96. The van der Waals surface area contributed by atoms with E-state index in [2.05, 4.69) is 24.8 Å². The van der Waals surface area contributed by atoms with E-state index in [-0.39, 0.29) is 22.9 Å². The number of likely N-dealkylation sites (tertiary alicyclic amines) is 1. The van der Waals surface area contributed by atoms with Gasteiger partial charge in [0.1, 0.15) is 5.58 Å². The summed E-state index contributed by atoms with van der Waals surface area (Å²) in [5.74, 6) is 0.0933. The molecule has 138 valence electrons. The highest BCUT2D eigenvalue weighted by atomic mass is 16.4. The normalized spacial score (nSPS) is 27.3. The number of nitrogens with two attached hydrogens (primary N) is 1. The molecule has 5 nitrogen and oxygen atoms in total. The summed E-state index contributed by atoms with van der Waals surface area (Å²) >= 11 is 0. The van der Waals surface area contributed by atoms with E-state index in [1.165, 1.54) is 0 Å². The smallest absolute Gasteiger partial charge is 0.336 e. The molecule has 1 aromatic heterocycles. The third kappa shape index (κ3) is 2.41. The molecular formula is C21H26N2O3. The third-order valence-electron chi connectivity index (χ3n) is 6.47. The second-order valence-corrected chi connectivity index (χ2v) is 8.96. The van der Waals surface area contributed by atoms with Crippen molar-refractivity contribution >= 4 is 16.9 Å². The number of amides is 1. The number of carbonyl (C=O) groups excluding carboxylic acids is 1. The van der Waals surface area contributed by atoms with Crippen LogP contribution < -0.4 is 11.4 Å². The van der Waals surface area contributed by atoms with Crippen LogP contribution in [0, 0.1) is 30.6 Å². The van der Waals surface area contributed by atoms with Crippen LogP contribution in [-0.4, -0.2) is 23.9 Å². The quantitative estimate of drug-likeness (QED) is 0.860. The third-order valence-corrected chi connectivity index (χ3v) is 6.47. The molecule has 1 saturated heterocycles. The molecule has 2 fully saturated rings. The summed E-state index contributed by atoms with van der Waals surface area (Å²) in [6.45, 7) is 10.6. The van der Waals surface area contributed by atoms with Gasteiger partial charge < -0.3 is 10.2 Å². The van der Waals surface area contributed by atoms with Crippen LogP contribution in [0.15, 0.2) is 27.4 Å². The van der Waals surface area contributed by atoms with Gasteiger partial charge in [-0.2, -0.15) is 0 Å². The molecular weight excluding hydrogens is 328 g/mol. The monoisotopic (exact) mass is 354 g/mol. The summed E-state index contributed by atoms with van der Waals surface area (Å²) in [7, 11) is 0. The maximum absolute atomic E-state index is 12.2. The van der Waals surface area contributed by atoms with E-state index in [4.69, 9.17) is 10.2 Å². The minimum atomic E-state index is -0.412. The number of primary amides is 1. The lowest BCUT2D eigenvalue weighted by molar-refractivity contribution is -0.148. The fourth-order valence-corrected chi connectivity index (χ4v) is 5.49. The van der Waals surface area contributed by atoms with Crippen molar-refractivity contribution in [2.75, 3.05) is 13.1 Å². The van der Waals surface area contributed by atoms with Gasteiger partial charge in [0.05, 0.1) is 5.41 Å². The Hall–Kier alpha value is -2.14. The highest BCUT2D eigenvalue weighted by Crippen LogP contribution is 2.62. The van der Waals surface area contributed by atoms with Crippen molar-refractivity contribution in [1.29, 1.82) is 0 Å². The number of fused-ring (bicyclic) bond motifs is 2. The van der Waals surface area contributed by atoms with Crippen molar-refractivity contribution in [3.05, 3.63) is 45.3 Å². The first kappa shape index (κ1) is 17.3. The zero-order valence-corrected chi connectivity index (χ0v) is 15.9. The number of aryl methyl sites for hydroxylation is 2. The van der Waals surface area contributed by atoms with Gasteiger partial charge in [0, 0.05) is 31.1 Å². The fraction of sp³-hybridized carbons (Fsp3) is 0.524. The highest BCUT2D eigenvalue weighted by Gasteiger charge is 2.65. The predicted molar refractivity (Wildman–Crippen MR) is 101 cm³/mol. The lowest BCUT2D eigenvalue weighted by atomic mass is 9.48. The van der Waals surface area contributed by atoms with Crippen molar-refractivity contribution in [3.63, 3.8) is 0 Å². The lowest BCUT2D eigenvalue weighted by Crippen LogP contribution is -2.59. The Kier molecular flexibility index (Phi) is 3.61. The molecule has 2 heterocycles. The van der Waals surface area contributed by atoms with Gasteiger partial charge in [0.25, 0.3) is 0 Å². The fourth-order valence-electron chi connectivity index (χ4n) is 5.49. The average Bonchev–Trinajstić information content (AvgIpc) is 2.84. The molecule has 1 aliphatic heterocycles. The predicted octanol–water partition coefficient (Wildman–Crippen LogP) is 2.74. The van der Waals surface area contributed by atoms with E-state index in [1.54, 1.807) is 6.07 Å². The Labute approximate surface area is 153 Å². The van der Waals surface area contributed by atoms with Gasteiger partial charge in [-0.05, 0) is 54.4 Å². The van der Waals surface area contributed by atoms with Crippen LogP contribution in [0.3, 0.4) is 0 Å². The van der Waals surface area contributed by atoms with Crippen molar-refractivity contribution in [1.82, 2.24) is 4.90 Å². The van der Waals surface area contributed by atoms with E-state index >= 15 is 0 Å². The summed E-state index contributed by atoms with van der Waals surface area (Å²) in [6, 6.07) is 5.68. The topological polar surface area (TPSA) is 76.5 Å². The van der Waals surface area contributed by atoms with Crippen LogP contribution in [0.2, 0.25) is 0 Å². The first-order chi connectivity index (χ1) is 12.1. The van der Waals surface area contributed by atoms with Gasteiger partial charge in [-0.15, -0.1) is 0 Å². The molecule has 26 heavy (non-hydrogen) atoms. The maximum Gasteiger partial charge on any atom is 0.336 e. The second kappa shape index (κ2) is 5.43. The van der Waals surface area contributed by atoms with Crippen molar-refractivity contribution in [2.24, 2.45) is 22.5 Å². The number of benzene rings is 1. The molecule has 5 heteroatoms. The van der Waals surface area contributed by atoms with E-state index < -0.39 is 5.41 Å². The van der Waals surface area contributed by atoms with Crippen LogP contribution in [0.5, 0.6) is 0 Å². The van der Waals surface area contributed by atoms with Crippen molar-refractivity contribution in [3.8, 4) is 0 Å². The molecule has 1 aromatic carbocycles. The van der Waals surface area contributed by atoms with Crippen LogP contribution in [0.4, 0.5) is 0 Å². The Balaban J connectivity index is 1.71. The number of rotatable bonds is 3. The minimum absolute atomic E-state index is 0.134. The van der Waals surface area contributed by atoms with Gasteiger partial charge >= 0.3 is 5.63 Å². The molecule has 2 N–H and O–H groups in total. The van der Waals surface area contributed by atoms with Crippen LogP contribution in [0.25, 0.3) is 11.0 Å². The Bertz CT molecular complexity index is 975. The molecule has 0 spiro atoms. The molecule has 0 unspecified atom stereocenters. The Morgan fingerprint density at radius 2 is 2.04 bits per heavy atom. The first-order valence-electron chi connectivity index (χ1n) is 9.19. The van der Waals surface area contributed by atoms with Crippen LogP contribution in [0.1, 0.15) is 37.0 Å². The van der Waals surface area contributed by atoms with Crippen LogP contribution >= 0.6 is 0 Å². The molecule has 2 aliphatic rings. The SMILES string of the molecule is Cc1cc(C)c2oc(=O)cc(CN3C[C@@H]4C(C)(C)C[C@]4(C(N)=O)C3)c2c1. The molecule has 2 atom stereocenters. The van der Waals surface area contributed by atoms with E-state index in [0.717, 1.165) is 35.0 Å². The van der Waals surface area contributed by atoms with Crippen molar-refractivity contribution in [2.45, 2.75) is 40.7 Å². The molecule has 0 radical (unpaired) electrons. The van der Waals surface area contributed by atoms with Gasteiger partial charge in [-0.25, -0.2) is 4.79 Å². The number of hydrogen-bond acceptors (Lipinski definition) is 4. The number of nitrogens with zero attached hydrogens (tertiary/aromatic N) is 1. The Morgan fingerprint density at radius 3 is 2.65 bits per heavy atom. The molecule has 1 saturated carbocycles. The van der Waals surface area contributed by atoms with Gasteiger partial charge in [-0.1, -0.05) is 19.9 Å². The molecule has 1 amide bonds. The summed E-state index contributed by atoms with van der Waals surface area (Å²) in [6.07, 6.45) is 0.840. The summed E-state index contributed by atoms with van der Waals surface area (Å²) in [4.78, 5) is 26.5. The van der Waals surface area contributed by atoms with Gasteiger partial charge in [0.2, 0.25) is 5.91 Å². The Morgan fingerprint density at radius 1 is 1.31 bits per heavy atom. The average molecular weight is 354 g/mol. The molecule has 2 aromatic rings. The summed E-state index contributed by atoms with van der Waals surface area (Å²) in [5.41, 5.74) is 8.89. The van der Waals surface area contributed by atoms with E-state index in [1.807, 2.05) is 19.9 Å². The van der Waals surface area contributed by atoms with Crippen LogP contribution in [-0.2, 0) is 11.3 Å². The summed E-state index contributed by atoms with van der Waals surface area (Å²) < 4.78 is 5.45. The molecule has 0 bridgehead atoms. The van der Waals surface area contributed by atoms with E-state index in [0.29, 0.717) is 18.7 Å². The molecule has 4 rings (SSSR count). The largest absolute Gasteiger partial charge is 0.422 e. The highest BCUT2D eigenvalue weighted by molar-refractivity contribution is 5.84. The number of carbonyl (C=O) groups is 1. The maximum atomic E-state index is 12.2. The number of hydrogen-bond donors (Lipinski definition) is 1. The standard InChI is InChI=1S/C21H26N2O3/c1-12-5-13(2)18-15(6-12)14(7-17(24)26-18)8-23-9-16-20(3,4)10-21(16,11-23)19(22)25/h5-7,16H,8-11H2,1-4H3,(H2,22,25)/t16-,21+/m1/s1. The summed E-state index contributed by atoms with van der Waals surface area (Å²) in [5, 5.41) is 0.980. The van der Waals surface area contributed by atoms with E-state index in [9.17, 15) is 9.59 Å². The lowest BCUT2D eigenvalue weighted by Gasteiger charge is -2.54. The van der Waals surface area contributed by atoms with Gasteiger partial charge in [0.15, 0.2) is 0 Å². The zero-order chi connectivity index (χ0) is 18.9. The molecule has 1 aliphatic carbocycles. The van der Waals surface area contributed by atoms with Gasteiger partial charge in [-0.3, -0.25) is 9.69 Å². The minimum Gasteiger partial charge on any atom is -0.422 e. The first-order valence-corrected chi connectivity index (χ1v) is 9.19.